The standard InChI is InChI=1S/C24H18ClN/c25-19-12-14-23-22(16-19)21-13-11-18(17-7-3-1-4-8-17)15-24(21)26(23)20-9-5-2-6-10-20/h1-16,21,24H. The van der Waals surface area contributed by atoms with Crippen LogP contribution >= 0.6 is 11.6 Å². The average molecular weight is 356 g/mol. The summed E-state index contributed by atoms with van der Waals surface area (Å²) >= 11 is 6.31. The summed E-state index contributed by atoms with van der Waals surface area (Å²) in [5, 5.41) is 0.795. The zero-order valence-electron chi connectivity index (χ0n) is 14.2. The number of nitrogens with zero attached hydrogens (tertiary/aromatic N) is 1. The van der Waals surface area contributed by atoms with E-state index in [0.717, 1.165) is 5.02 Å². The van der Waals surface area contributed by atoms with Crippen LogP contribution in [0.1, 0.15) is 17.0 Å². The third kappa shape index (κ3) is 2.48. The summed E-state index contributed by atoms with van der Waals surface area (Å²) in [6.45, 7) is 0. The Hall–Kier alpha value is -2.77. The van der Waals surface area contributed by atoms with Crippen LogP contribution in [0, 0.1) is 0 Å². The van der Waals surface area contributed by atoms with E-state index in [4.69, 9.17) is 11.6 Å². The molecule has 0 N–H and O–H groups in total. The molecule has 26 heavy (non-hydrogen) atoms. The zero-order chi connectivity index (χ0) is 17.5. The van der Waals surface area contributed by atoms with Gasteiger partial charge in [-0.05, 0) is 47.0 Å². The monoisotopic (exact) mass is 355 g/mol. The summed E-state index contributed by atoms with van der Waals surface area (Å²) in [7, 11) is 0. The quantitative estimate of drug-likeness (QED) is 0.500. The molecule has 2 atom stereocenters. The Morgan fingerprint density at radius 1 is 0.808 bits per heavy atom. The van der Waals surface area contributed by atoms with Crippen LogP contribution in [0.2, 0.25) is 5.02 Å². The van der Waals surface area contributed by atoms with Gasteiger partial charge < -0.3 is 4.90 Å². The highest BCUT2D eigenvalue weighted by Crippen LogP contribution is 2.49. The molecule has 1 heterocycles. The molecule has 1 aliphatic carbocycles. The number of para-hydroxylation sites is 1. The predicted molar refractivity (Wildman–Crippen MR) is 110 cm³/mol. The first-order chi connectivity index (χ1) is 12.8. The van der Waals surface area contributed by atoms with Crippen molar-refractivity contribution in [3.05, 3.63) is 113 Å². The van der Waals surface area contributed by atoms with Crippen LogP contribution in [0.15, 0.2) is 97.1 Å². The molecule has 0 saturated carbocycles. The summed E-state index contributed by atoms with van der Waals surface area (Å²) in [5.41, 5.74) is 6.27. The van der Waals surface area contributed by atoms with E-state index in [1.54, 1.807) is 0 Å². The number of halogens is 1. The SMILES string of the molecule is Clc1ccc2c(c1)C1C=CC(c3ccccc3)=CC1N2c1ccccc1. The maximum absolute atomic E-state index is 6.31. The van der Waals surface area contributed by atoms with Gasteiger partial charge in [0.25, 0.3) is 0 Å². The van der Waals surface area contributed by atoms with Gasteiger partial charge in [0.1, 0.15) is 0 Å². The van der Waals surface area contributed by atoms with Crippen molar-refractivity contribution in [2.45, 2.75) is 12.0 Å². The lowest BCUT2D eigenvalue weighted by atomic mass is 9.87. The summed E-state index contributed by atoms with van der Waals surface area (Å²) in [4.78, 5) is 2.43. The number of fused-ring (bicyclic) bond motifs is 3. The predicted octanol–water partition coefficient (Wildman–Crippen LogP) is 6.60. The molecule has 0 aromatic heterocycles. The van der Waals surface area contributed by atoms with Crippen molar-refractivity contribution < 1.29 is 0 Å². The Kier molecular flexibility index (Phi) is 3.69. The third-order valence-electron chi connectivity index (χ3n) is 5.25. The molecule has 1 aliphatic heterocycles. The first kappa shape index (κ1) is 15.5. The van der Waals surface area contributed by atoms with E-state index < -0.39 is 0 Å². The molecule has 0 saturated heterocycles. The van der Waals surface area contributed by atoms with E-state index in [1.807, 2.05) is 6.07 Å². The second-order valence-electron chi connectivity index (χ2n) is 6.77. The normalized spacial score (nSPS) is 20.5. The maximum atomic E-state index is 6.31. The number of hydrogen-bond acceptors (Lipinski definition) is 1. The van der Waals surface area contributed by atoms with E-state index >= 15 is 0 Å². The van der Waals surface area contributed by atoms with Crippen LogP contribution in [-0.2, 0) is 0 Å². The van der Waals surface area contributed by atoms with Gasteiger partial charge in [-0.15, -0.1) is 0 Å². The minimum Gasteiger partial charge on any atom is -0.333 e. The topological polar surface area (TPSA) is 3.24 Å². The van der Waals surface area contributed by atoms with Gasteiger partial charge in [0.2, 0.25) is 0 Å². The lowest BCUT2D eigenvalue weighted by molar-refractivity contribution is 0.747. The molecular formula is C24H18ClN. The Morgan fingerprint density at radius 3 is 2.31 bits per heavy atom. The van der Waals surface area contributed by atoms with Crippen molar-refractivity contribution in [3.63, 3.8) is 0 Å². The minimum atomic E-state index is 0.256. The van der Waals surface area contributed by atoms with Gasteiger partial charge in [0, 0.05) is 22.3 Å². The highest BCUT2D eigenvalue weighted by Gasteiger charge is 2.38. The molecule has 2 heteroatoms. The highest BCUT2D eigenvalue weighted by molar-refractivity contribution is 6.30. The summed E-state index contributed by atoms with van der Waals surface area (Å²) < 4.78 is 0. The Morgan fingerprint density at radius 2 is 1.54 bits per heavy atom. The van der Waals surface area contributed by atoms with Crippen LogP contribution in [0.4, 0.5) is 11.4 Å². The largest absolute Gasteiger partial charge is 0.333 e. The van der Waals surface area contributed by atoms with Crippen molar-refractivity contribution in [3.8, 4) is 0 Å². The smallest absolute Gasteiger partial charge is 0.0635 e. The van der Waals surface area contributed by atoms with Crippen LogP contribution in [0.5, 0.6) is 0 Å². The molecule has 0 amide bonds. The zero-order valence-corrected chi connectivity index (χ0v) is 15.0. The van der Waals surface area contributed by atoms with Gasteiger partial charge in [-0.3, -0.25) is 0 Å². The number of anilines is 2. The number of allylic oxidation sites excluding steroid dienone is 2. The molecule has 3 aromatic carbocycles. The average Bonchev–Trinajstić information content (AvgIpc) is 3.02. The molecule has 126 valence electrons. The first-order valence-corrected chi connectivity index (χ1v) is 9.28. The molecule has 0 bridgehead atoms. The van der Waals surface area contributed by atoms with Gasteiger partial charge in [0.05, 0.1) is 6.04 Å². The second kappa shape index (κ2) is 6.19. The van der Waals surface area contributed by atoms with E-state index in [-0.39, 0.29) is 6.04 Å². The molecule has 1 nitrogen and oxygen atoms in total. The first-order valence-electron chi connectivity index (χ1n) is 8.90. The summed E-state index contributed by atoms with van der Waals surface area (Å²) in [6.07, 6.45) is 6.96. The van der Waals surface area contributed by atoms with E-state index in [0.29, 0.717) is 5.92 Å². The Labute approximate surface area is 158 Å². The fourth-order valence-electron chi connectivity index (χ4n) is 4.08. The number of hydrogen-bond donors (Lipinski definition) is 0. The van der Waals surface area contributed by atoms with Crippen molar-refractivity contribution in [2.24, 2.45) is 0 Å². The van der Waals surface area contributed by atoms with Crippen molar-refractivity contribution in [2.75, 3.05) is 4.90 Å². The lowest BCUT2D eigenvalue weighted by Crippen LogP contribution is -2.29. The molecule has 2 aliphatic rings. The molecular weight excluding hydrogens is 338 g/mol. The third-order valence-corrected chi connectivity index (χ3v) is 5.48. The summed E-state index contributed by atoms with van der Waals surface area (Å²) in [5.74, 6) is 0.316. The number of benzene rings is 3. The van der Waals surface area contributed by atoms with E-state index in [2.05, 4.69) is 95.9 Å². The molecule has 2 unspecified atom stereocenters. The van der Waals surface area contributed by atoms with E-state index in [1.165, 1.54) is 28.1 Å². The van der Waals surface area contributed by atoms with Crippen LogP contribution < -0.4 is 4.90 Å². The van der Waals surface area contributed by atoms with Crippen molar-refractivity contribution in [1.29, 1.82) is 0 Å². The number of rotatable bonds is 2. The van der Waals surface area contributed by atoms with Crippen molar-refractivity contribution in [1.82, 2.24) is 0 Å². The second-order valence-corrected chi connectivity index (χ2v) is 7.21. The van der Waals surface area contributed by atoms with Gasteiger partial charge in [0.15, 0.2) is 0 Å². The van der Waals surface area contributed by atoms with Gasteiger partial charge in [-0.25, -0.2) is 0 Å². The molecule has 5 rings (SSSR count). The van der Waals surface area contributed by atoms with E-state index in [9.17, 15) is 0 Å². The maximum Gasteiger partial charge on any atom is 0.0635 e. The molecule has 0 fully saturated rings. The highest BCUT2D eigenvalue weighted by atomic mass is 35.5. The van der Waals surface area contributed by atoms with Gasteiger partial charge >= 0.3 is 0 Å². The van der Waals surface area contributed by atoms with Crippen LogP contribution in [0.3, 0.4) is 0 Å². The fourth-order valence-corrected chi connectivity index (χ4v) is 4.26. The summed E-state index contributed by atoms with van der Waals surface area (Å²) in [6, 6.07) is 27.7. The molecule has 0 spiro atoms. The van der Waals surface area contributed by atoms with Crippen LogP contribution in [0.25, 0.3) is 5.57 Å². The van der Waals surface area contributed by atoms with Crippen molar-refractivity contribution >= 4 is 28.5 Å². The molecule has 0 radical (unpaired) electrons. The van der Waals surface area contributed by atoms with Crippen LogP contribution in [-0.4, -0.2) is 6.04 Å². The lowest BCUT2D eigenvalue weighted by Gasteiger charge is -2.30. The fraction of sp³-hybridized carbons (Fsp3) is 0.0833. The minimum absolute atomic E-state index is 0.256. The van der Waals surface area contributed by atoms with Gasteiger partial charge in [-0.2, -0.15) is 0 Å². The van der Waals surface area contributed by atoms with Gasteiger partial charge in [-0.1, -0.05) is 78.4 Å². The molecule has 3 aromatic rings. The Balaban J connectivity index is 1.66. The Bertz CT molecular complexity index is 1000.